The van der Waals surface area contributed by atoms with E-state index in [9.17, 15) is 0 Å². The molecule has 0 aliphatic carbocycles. The van der Waals surface area contributed by atoms with Crippen LogP contribution in [0.1, 0.15) is 32.1 Å². The molecule has 0 N–H and O–H groups in total. The molecule has 0 spiro atoms. The maximum atomic E-state index is 6.29. The second kappa shape index (κ2) is 7.71. The van der Waals surface area contributed by atoms with Gasteiger partial charge in [0.05, 0.1) is 11.9 Å². The normalized spacial score (nSPS) is 20.8. The minimum absolute atomic E-state index is 0.0488. The van der Waals surface area contributed by atoms with Gasteiger partial charge in [-0.3, -0.25) is 0 Å². The third-order valence-corrected chi connectivity index (χ3v) is 7.77. The van der Waals surface area contributed by atoms with Crippen LogP contribution in [0.3, 0.4) is 0 Å². The Kier molecular flexibility index (Phi) is 5.75. The molecule has 1 atom stereocenters. The Labute approximate surface area is 168 Å². The molecule has 2 nitrogen and oxygen atoms in total. The Hall–Kier alpha value is -1.36. The van der Waals surface area contributed by atoms with Crippen molar-refractivity contribution in [1.29, 1.82) is 0 Å². The zero-order valence-corrected chi connectivity index (χ0v) is 17.8. The first-order valence-corrected chi connectivity index (χ1v) is 10.6. The van der Waals surface area contributed by atoms with Crippen molar-refractivity contribution >= 4 is 39.6 Å². The monoisotopic (exact) mass is 406 g/mol. The molecule has 0 fully saturated rings. The lowest BCUT2D eigenvalue weighted by Gasteiger charge is -2.42. The van der Waals surface area contributed by atoms with Gasteiger partial charge in [0, 0.05) is 21.4 Å². The molecule has 1 aromatic heterocycles. The van der Waals surface area contributed by atoms with Gasteiger partial charge in [-0.1, -0.05) is 50.6 Å². The van der Waals surface area contributed by atoms with Crippen molar-refractivity contribution in [2.45, 2.75) is 31.9 Å². The van der Waals surface area contributed by atoms with E-state index in [2.05, 4.69) is 44.4 Å². The Bertz CT molecular complexity index is 819. The quantitative estimate of drug-likeness (QED) is 0.490. The molecule has 0 saturated carbocycles. The minimum Gasteiger partial charge on any atom is -0.497 e. The summed E-state index contributed by atoms with van der Waals surface area (Å²) in [4.78, 5) is 2.58. The second-order valence-electron chi connectivity index (χ2n) is 7.18. The van der Waals surface area contributed by atoms with Crippen molar-refractivity contribution in [3.05, 3.63) is 64.0 Å². The first kappa shape index (κ1) is 19.4. The van der Waals surface area contributed by atoms with Crippen LogP contribution in [0.15, 0.2) is 59.1 Å². The summed E-state index contributed by atoms with van der Waals surface area (Å²) in [6.45, 7) is 6.71. The summed E-state index contributed by atoms with van der Waals surface area (Å²) in [5.41, 5.74) is 1.54. The van der Waals surface area contributed by atoms with E-state index in [-0.39, 0.29) is 10.2 Å². The predicted octanol–water partition coefficient (Wildman–Crippen LogP) is 7.18. The van der Waals surface area contributed by atoms with Crippen molar-refractivity contribution in [3.63, 3.8) is 0 Å². The van der Waals surface area contributed by atoms with Crippen molar-refractivity contribution in [1.82, 2.24) is 0 Å². The highest BCUT2D eigenvalue weighted by Gasteiger charge is 2.50. The number of thioether (sulfide) groups is 1. The average molecular weight is 407 g/mol. The molecule has 0 bridgehead atoms. The number of thiophene rings is 1. The van der Waals surface area contributed by atoms with E-state index in [4.69, 9.17) is 21.1 Å². The molecule has 0 amide bonds. The number of allylic oxidation sites excluding steroid dienone is 1. The zero-order valence-electron chi connectivity index (χ0n) is 15.4. The SMILES string of the molecule is COc1cccc(O/C(=C\Cl)C2(C(C)(C)C)CC=C(c3cccs3)S2)c1. The summed E-state index contributed by atoms with van der Waals surface area (Å²) in [5.74, 6) is 2.26. The summed E-state index contributed by atoms with van der Waals surface area (Å²) in [6, 6.07) is 11.9. The maximum Gasteiger partial charge on any atom is 0.133 e. The number of hydrogen-bond donors (Lipinski definition) is 0. The summed E-state index contributed by atoms with van der Waals surface area (Å²) in [5, 5.41) is 2.11. The Morgan fingerprint density at radius 3 is 2.58 bits per heavy atom. The molecule has 2 aromatic rings. The number of methoxy groups -OCH3 is 1. The van der Waals surface area contributed by atoms with Crippen LogP contribution in [-0.4, -0.2) is 11.9 Å². The number of halogens is 1. The van der Waals surface area contributed by atoms with Gasteiger partial charge in [-0.25, -0.2) is 0 Å². The predicted molar refractivity (Wildman–Crippen MR) is 114 cm³/mol. The van der Waals surface area contributed by atoms with Gasteiger partial charge in [0.2, 0.25) is 0 Å². The van der Waals surface area contributed by atoms with E-state index in [1.54, 1.807) is 24.0 Å². The van der Waals surface area contributed by atoms with Crippen LogP contribution >= 0.6 is 34.7 Å². The molecule has 1 aromatic carbocycles. The Morgan fingerprint density at radius 1 is 1.19 bits per heavy atom. The average Bonchev–Trinajstić information content (AvgIpc) is 3.29. The van der Waals surface area contributed by atoms with Gasteiger partial charge in [-0.15, -0.1) is 23.1 Å². The second-order valence-corrected chi connectivity index (χ2v) is 9.69. The van der Waals surface area contributed by atoms with Crippen LogP contribution in [0.5, 0.6) is 11.5 Å². The van der Waals surface area contributed by atoms with E-state index in [1.807, 2.05) is 36.0 Å². The van der Waals surface area contributed by atoms with E-state index < -0.39 is 0 Å². The van der Waals surface area contributed by atoms with E-state index in [0.717, 1.165) is 23.7 Å². The molecule has 1 aliphatic heterocycles. The molecule has 1 aliphatic rings. The van der Waals surface area contributed by atoms with Crippen LogP contribution in [0.25, 0.3) is 4.91 Å². The molecule has 3 rings (SSSR count). The third kappa shape index (κ3) is 3.68. The molecular formula is C21H23ClO2S2. The lowest BCUT2D eigenvalue weighted by molar-refractivity contribution is 0.246. The number of hydrogen-bond acceptors (Lipinski definition) is 4. The summed E-state index contributed by atoms with van der Waals surface area (Å²) >= 11 is 9.90. The van der Waals surface area contributed by atoms with Gasteiger partial charge >= 0.3 is 0 Å². The third-order valence-electron chi connectivity index (χ3n) is 4.60. The van der Waals surface area contributed by atoms with Gasteiger partial charge in [0.15, 0.2) is 0 Å². The molecule has 0 radical (unpaired) electrons. The van der Waals surface area contributed by atoms with E-state index in [1.165, 1.54) is 9.78 Å². The lowest BCUT2D eigenvalue weighted by atomic mass is 9.76. The topological polar surface area (TPSA) is 18.5 Å². The van der Waals surface area contributed by atoms with Crippen LogP contribution in [0.2, 0.25) is 0 Å². The molecule has 1 unspecified atom stereocenters. The lowest BCUT2D eigenvalue weighted by Crippen LogP contribution is -2.41. The van der Waals surface area contributed by atoms with Gasteiger partial charge in [-0.05, 0) is 35.4 Å². The first-order valence-electron chi connectivity index (χ1n) is 8.45. The van der Waals surface area contributed by atoms with Crippen LogP contribution in [-0.2, 0) is 0 Å². The standard InChI is InChI=1S/C21H23ClO2S2/c1-20(2,3)21(11-10-18(26-21)17-9-6-12-25-17)19(14-22)24-16-8-5-7-15(13-16)23-4/h5-10,12-14H,11H2,1-4H3/b19-14-. The van der Waals surface area contributed by atoms with Crippen molar-refractivity contribution in [2.75, 3.05) is 7.11 Å². The van der Waals surface area contributed by atoms with Crippen molar-refractivity contribution in [2.24, 2.45) is 5.41 Å². The molecule has 26 heavy (non-hydrogen) atoms. The first-order chi connectivity index (χ1) is 12.4. The molecule has 138 valence electrons. The maximum absolute atomic E-state index is 6.29. The summed E-state index contributed by atoms with van der Waals surface area (Å²) in [7, 11) is 1.65. The fourth-order valence-electron chi connectivity index (χ4n) is 3.04. The van der Waals surface area contributed by atoms with Gasteiger partial charge < -0.3 is 9.47 Å². The summed E-state index contributed by atoms with van der Waals surface area (Å²) in [6.07, 6.45) is 3.17. The highest BCUT2D eigenvalue weighted by Crippen LogP contribution is 2.59. The Morgan fingerprint density at radius 2 is 1.96 bits per heavy atom. The smallest absolute Gasteiger partial charge is 0.133 e. The largest absolute Gasteiger partial charge is 0.497 e. The number of benzene rings is 1. The molecule has 2 heterocycles. The van der Waals surface area contributed by atoms with Gasteiger partial charge in [0.25, 0.3) is 0 Å². The molecule has 0 saturated heterocycles. The fraction of sp³-hybridized carbons (Fsp3) is 0.333. The highest BCUT2D eigenvalue weighted by atomic mass is 35.5. The van der Waals surface area contributed by atoms with Crippen molar-refractivity contribution < 1.29 is 9.47 Å². The van der Waals surface area contributed by atoms with Crippen LogP contribution < -0.4 is 9.47 Å². The fourth-order valence-corrected chi connectivity index (χ4v) is 5.65. The number of rotatable bonds is 5. The van der Waals surface area contributed by atoms with Gasteiger partial charge in [0.1, 0.15) is 17.3 Å². The Balaban J connectivity index is 1.92. The van der Waals surface area contributed by atoms with Crippen LogP contribution in [0, 0.1) is 5.41 Å². The number of ether oxygens (including phenoxy) is 2. The molecule has 5 heteroatoms. The summed E-state index contributed by atoms with van der Waals surface area (Å²) < 4.78 is 11.3. The van der Waals surface area contributed by atoms with Gasteiger partial charge in [-0.2, -0.15) is 0 Å². The van der Waals surface area contributed by atoms with E-state index >= 15 is 0 Å². The van der Waals surface area contributed by atoms with Crippen LogP contribution in [0.4, 0.5) is 0 Å². The zero-order chi connectivity index (χ0) is 18.8. The van der Waals surface area contributed by atoms with E-state index in [0.29, 0.717) is 0 Å². The highest BCUT2D eigenvalue weighted by molar-refractivity contribution is 8.10. The van der Waals surface area contributed by atoms with Crippen molar-refractivity contribution in [3.8, 4) is 11.5 Å². The minimum atomic E-state index is -0.267. The molecular weight excluding hydrogens is 384 g/mol.